The Hall–Kier alpha value is -4.33. The number of carbonyl (C=O) groups is 3. The van der Waals surface area contributed by atoms with E-state index >= 15 is 0 Å². The van der Waals surface area contributed by atoms with Gasteiger partial charge in [-0.3, -0.25) is 4.79 Å². The van der Waals surface area contributed by atoms with Gasteiger partial charge in [-0.25, -0.2) is 9.59 Å². The van der Waals surface area contributed by atoms with Crippen molar-refractivity contribution in [2.75, 3.05) is 6.61 Å². The van der Waals surface area contributed by atoms with Gasteiger partial charge < -0.3 is 26.0 Å². The molecular weight excluding hydrogens is 528 g/mol. The van der Waals surface area contributed by atoms with Crippen molar-refractivity contribution in [1.29, 1.82) is 0 Å². The largest absolute Gasteiger partial charge is 0.449 e. The van der Waals surface area contributed by atoms with Crippen molar-refractivity contribution in [2.24, 2.45) is 11.8 Å². The van der Waals surface area contributed by atoms with Gasteiger partial charge in [0.1, 0.15) is 18.8 Å². The third-order valence-corrected chi connectivity index (χ3v) is 7.56. The molecular formula is C34H42N4O4. The Morgan fingerprint density at radius 1 is 0.714 bits per heavy atom. The average molecular weight is 571 g/mol. The Morgan fingerprint density at radius 2 is 1.29 bits per heavy atom. The van der Waals surface area contributed by atoms with Gasteiger partial charge >= 0.3 is 12.1 Å². The molecule has 8 heteroatoms. The Bertz CT molecular complexity index is 1330. The summed E-state index contributed by atoms with van der Waals surface area (Å²) in [6.45, 7) is 9.83. The van der Waals surface area contributed by atoms with Crippen molar-refractivity contribution < 1.29 is 19.1 Å². The number of alkyl carbamates (subject to hydrolysis) is 1. The lowest BCUT2D eigenvalue weighted by molar-refractivity contribution is -0.124. The lowest BCUT2D eigenvalue weighted by atomic mass is 9.98. The van der Waals surface area contributed by atoms with Crippen LogP contribution in [0, 0.1) is 11.8 Å². The van der Waals surface area contributed by atoms with Crippen LogP contribution in [0.5, 0.6) is 0 Å². The van der Waals surface area contributed by atoms with E-state index in [1.807, 2.05) is 89.2 Å². The van der Waals surface area contributed by atoms with Crippen molar-refractivity contribution in [3.63, 3.8) is 0 Å². The van der Waals surface area contributed by atoms with E-state index < -0.39 is 24.3 Å². The first-order valence-corrected chi connectivity index (χ1v) is 14.7. The van der Waals surface area contributed by atoms with E-state index in [2.05, 4.69) is 45.5 Å². The SMILES string of the molecule is CC(C)C[C@H](NC(=O)OCC1c2ccccc2-c2ccccc21)C(=O)N[C@@H](NC(=O)N[C@@H](C)c1ccccc1)C(C)C. The Labute approximate surface area is 248 Å². The van der Waals surface area contributed by atoms with Crippen molar-refractivity contribution in [2.45, 2.75) is 65.2 Å². The summed E-state index contributed by atoms with van der Waals surface area (Å²) in [6.07, 6.45) is -0.876. The normalized spacial score (nSPS) is 14.4. The molecule has 0 unspecified atom stereocenters. The van der Waals surface area contributed by atoms with Crippen LogP contribution in [-0.2, 0) is 9.53 Å². The molecule has 3 aromatic carbocycles. The average Bonchev–Trinajstić information content (AvgIpc) is 3.29. The predicted octanol–water partition coefficient (Wildman–Crippen LogP) is 6.10. The van der Waals surface area contributed by atoms with Gasteiger partial charge in [0.2, 0.25) is 5.91 Å². The number of rotatable bonds is 11. The van der Waals surface area contributed by atoms with Crippen LogP contribution in [0.1, 0.15) is 69.7 Å². The second-order valence-electron chi connectivity index (χ2n) is 11.6. The van der Waals surface area contributed by atoms with Crippen LogP contribution in [0.4, 0.5) is 9.59 Å². The van der Waals surface area contributed by atoms with Crippen LogP contribution in [-0.4, -0.2) is 36.8 Å². The highest BCUT2D eigenvalue weighted by molar-refractivity contribution is 5.86. The van der Waals surface area contributed by atoms with Gasteiger partial charge in [0.15, 0.2) is 0 Å². The van der Waals surface area contributed by atoms with Crippen molar-refractivity contribution in [3.05, 3.63) is 95.6 Å². The molecule has 4 amide bonds. The van der Waals surface area contributed by atoms with Gasteiger partial charge in [0.25, 0.3) is 0 Å². The summed E-state index contributed by atoms with van der Waals surface area (Å²) in [7, 11) is 0. The van der Waals surface area contributed by atoms with E-state index in [9.17, 15) is 14.4 Å². The fourth-order valence-electron chi connectivity index (χ4n) is 5.31. The number of ether oxygens (including phenoxy) is 1. The Kier molecular flexibility index (Phi) is 10.2. The molecule has 0 aliphatic heterocycles. The first-order valence-electron chi connectivity index (χ1n) is 14.7. The molecule has 1 aliphatic rings. The molecule has 222 valence electrons. The summed E-state index contributed by atoms with van der Waals surface area (Å²) in [5, 5.41) is 11.5. The summed E-state index contributed by atoms with van der Waals surface area (Å²) in [4.78, 5) is 39.1. The molecule has 3 aromatic rings. The fraction of sp³-hybridized carbons (Fsp3) is 0.382. The van der Waals surface area contributed by atoms with E-state index in [1.165, 1.54) is 0 Å². The summed E-state index contributed by atoms with van der Waals surface area (Å²) in [6, 6.07) is 24.5. The van der Waals surface area contributed by atoms with Gasteiger partial charge in [-0.15, -0.1) is 0 Å². The minimum Gasteiger partial charge on any atom is -0.449 e. The maximum atomic E-state index is 13.4. The molecule has 0 saturated carbocycles. The summed E-state index contributed by atoms with van der Waals surface area (Å²) < 4.78 is 5.69. The molecule has 0 aromatic heterocycles. The molecule has 8 nitrogen and oxygen atoms in total. The Balaban J connectivity index is 1.36. The zero-order valence-corrected chi connectivity index (χ0v) is 25.0. The molecule has 4 N–H and O–H groups in total. The molecule has 3 atom stereocenters. The Morgan fingerprint density at radius 3 is 1.86 bits per heavy atom. The van der Waals surface area contributed by atoms with Gasteiger partial charge in [-0.05, 0) is 53.0 Å². The first-order chi connectivity index (χ1) is 20.1. The second-order valence-corrected chi connectivity index (χ2v) is 11.6. The number of hydrogen-bond acceptors (Lipinski definition) is 4. The highest BCUT2D eigenvalue weighted by Crippen LogP contribution is 2.44. The third-order valence-electron chi connectivity index (χ3n) is 7.56. The number of fused-ring (bicyclic) bond motifs is 3. The molecule has 42 heavy (non-hydrogen) atoms. The standard InChI is InChI=1S/C34H42N4O4/c1-21(2)19-30(32(39)37-31(22(3)4)38-33(40)35-23(5)24-13-7-6-8-14-24)36-34(41)42-20-29-27-17-11-9-15-25(27)26-16-10-12-18-28(26)29/h6-18,21-23,29-31H,19-20H2,1-5H3,(H,36,41)(H,37,39)(H2,35,38,40)/t23-,30-,31-/m0/s1. The molecule has 0 heterocycles. The summed E-state index contributed by atoms with van der Waals surface area (Å²) in [5.41, 5.74) is 5.51. The molecule has 0 bridgehead atoms. The number of urea groups is 1. The van der Waals surface area contributed by atoms with Crippen LogP contribution in [0.25, 0.3) is 11.1 Å². The zero-order chi connectivity index (χ0) is 30.2. The smallest absolute Gasteiger partial charge is 0.407 e. The van der Waals surface area contributed by atoms with E-state index in [4.69, 9.17) is 4.74 Å². The second kappa shape index (κ2) is 14.0. The lowest BCUT2D eigenvalue weighted by Crippen LogP contribution is -2.58. The first kappa shape index (κ1) is 30.6. The number of nitrogens with one attached hydrogen (secondary N) is 4. The molecule has 0 fully saturated rings. The van der Waals surface area contributed by atoms with Crippen LogP contribution in [0.15, 0.2) is 78.9 Å². The molecule has 4 rings (SSSR count). The minimum atomic E-state index is -0.824. The van der Waals surface area contributed by atoms with Crippen molar-refractivity contribution in [1.82, 2.24) is 21.3 Å². The quantitative estimate of drug-likeness (QED) is 0.209. The van der Waals surface area contributed by atoms with Crippen LogP contribution in [0.3, 0.4) is 0 Å². The highest BCUT2D eigenvalue weighted by Gasteiger charge is 2.31. The maximum absolute atomic E-state index is 13.4. The third kappa shape index (κ3) is 7.69. The maximum Gasteiger partial charge on any atom is 0.407 e. The molecule has 1 aliphatic carbocycles. The van der Waals surface area contributed by atoms with Crippen LogP contribution >= 0.6 is 0 Å². The topological polar surface area (TPSA) is 109 Å². The summed E-state index contributed by atoms with van der Waals surface area (Å²) >= 11 is 0. The monoisotopic (exact) mass is 570 g/mol. The highest BCUT2D eigenvalue weighted by atomic mass is 16.5. The van der Waals surface area contributed by atoms with Gasteiger partial charge in [0, 0.05) is 5.92 Å². The predicted molar refractivity (Wildman–Crippen MR) is 165 cm³/mol. The van der Waals surface area contributed by atoms with Crippen molar-refractivity contribution in [3.8, 4) is 11.1 Å². The number of hydrogen-bond donors (Lipinski definition) is 4. The van der Waals surface area contributed by atoms with Gasteiger partial charge in [-0.2, -0.15) is 0 Å². The number of amides is 4. The van der Waals surface area contributed by atoms with E-state index in [1.54, 1.807) is 0 Å². The van der Waals surface area contributed by atoms with E-state index in [0.717, 1.165) is 27.8 Å². The molecule has 0 spiro atoms. The molecule has 0 radical (unpaired) electrons. The summed E-state index contributed by atoms with van der Waals surface area (Å²) in [5.74, 6) is -0.421. The van der Waals surface area contributed by atoms with E-state index in [-0.39, 0.29) is 36.3 Å². The zero-order valence-electron chi connectivity index (χ0n) is 25.0. The van der Waals surface area contributed by atoms with Gasteiger partial charge in [-0.1, -0.05) is 107 Å². The number of carbonyl (C=O) groups excluding carboxylic acids is 3. The minimum absolute atomic E-state index is 0.0770. The van der Waals surface area contributed by atoms with Crippen LogP contribution < -0.4 is 21.3 Å². The van der Waals surface area contributed by atoms with Crippen molar-refractivity contribution >= 4 is 18.0 Å². The van der Waals surface area contributed by atoms with Gasteiger partial charge in [0.05, 0.1) is 6.04 Å². The van der Waals surface area contributed by atoms with Crippen LogP contribution in [0.2, 0.25) is 0 Å². The fourth-order valence-corrected chi connectivity index (χ4v) is 5.31. The lowest BCUT2D eigenvalue weighted by Gasteiger charge is -2.28. The number of benzene rings is 3. The molecule has 0 saturated heterocycles. The van der Waals surface area contributed by atoms with E-state index in [0.29, 0.717) is 6.42 Å².